The molecule has 7 heteroatoms. The van der Waals surface area contributed by atoms with Gasteiger partial charge in [0.05, 0.1) is 5.60 Å². The number of aryl methyl sites for hydroxylation is 3. The number of amides is 2. The first kappa shape index (κ1) is 26.7. The van der Waals surface area contributed by atoms with E-state index in [4.69, 9.17) is 9.72 Å². The second-order valence-corrected chi connectivity index (χ2v) is 10.6. The van der Waals surface area contributed by atoms with Gasteiger partial charge in [-0.3, -0.25) is 5.32 Å². The van der Waals surface area contributed by atoms with Crippen LogP contribution in [-0.2, 0) is 9.53 Å². The first-order valence-electron chi connectivity index (χ1n) is 12.4. The van der Waals surface area contributed by atoms with E-state index in [2.05, 4.69) is 10.6 Å². The van der Waals surface area contributed by atoms with Gasteiger partial charge < -0.3 is 15.2 Å². The highest BCUT2D eigenvalue weighted by Gasteiger charge is 2.33. The van der Waals surface area contributed by atoms with E-state index < -0.39 is 17.7 Å². The summed E-state index contributed by atoms with van der Waals surface area (Å²) >= 11 is 0. The molecule has 3 N–H and O–H groups in total. The molecule has 0 spiro atoms. The highest BCUT2D eigenvalue weighted by atomic mass is 16.5. The third-order valence-electron chi connectivity index (χ3n) is 6.60. The van der Waals surface area contributed by atoms with Crippen LogP contribution in [0.3, 0.4) is 0 Å². The van der Waals surface area contributed by atoms with Crippen molar-refractivity contribution < 1.29 is 19.4 Å². The van der Waals surface area contributed by atoms with E-state index in [1.54, 1.807) is 6.92 Å². The number of nitrogens with one attached hydrogen (secondary N) is 2. The van der Waals surface area contributed by atoms with Gasteiger partial charge in [0.25, 0.3) is 0 Å². The lowest BCUT2D eigenvalue weighted by molar-refractivity contribution is -0.160. The summed E-state index contributed by atoms with van der Waals surface area (Å²) in [6.45, 7) is 13.2. The highest BCUT2D eigenvalue weighted by Crippen LogP contribution is 2.39. The number of carbonyl (C=O) groups excluding carboxylic acids is 1. The number of carbonyl (C=O) groups is 2. The number of anilines is 1. The maximum atomic E-state index is 12.8. The number of ether oxygens (including phenoxy) is 1. The number of pyridine rings is 1. The van der Waals surface area contributed by atoms with Gasteiger partial charge in [-0.05, 0) is 83.6 Å². The fourth-order valence-corrected chi connectivity index (χ4v) is 4.69. The maximum absolute atomic E-state index is 12.8. The zero-order chi connectivity index (χ0) is 25.9. The third kappa shape index (κ3) is 6.60. The van der Waals surface area contributed by atoms with Crippen molar-refractivity contribution >= 4 is 17.8 Å². The van der Waals surface area contributed by atoms with E-state index in [1.807, 2.05) is 59.7 Å². The summed E-state index contributed by atoms with van der Waals surface area (Å²) in [5.74, 6) is -0.738. The molecule has 0 bridgehead atoms. The number of nitrogens with zero attached hydrogens (tertiary/aromatic N) is 1. The first-order chi connectivity index (χ1) is 16.4. The number of urea groups is 1. The summed E-state index contributed by atoms with van der Waals surface area (Å²) in [5, 5.41) is 16.2. The number of aliphatic carboxylic acids is 1. The van der Waals surface area contributed by atoms with Crippen LogP contribution in [-0.4, -0.2) is 33.7 Å². The normalized spacial score (nSPS) is 15.5. The molecule has 1 atom stereocenters. The minimum absolute atomic E-state index is 0.149. The van der Waals surface area contributed by atoms with Gasteiger partial charge in [-0.25, -0.2) is 14.6 Å². The number of hydrogen-bond acceptors (Lipinski definition) is 4. The molecule has 0 radical (unpaired) electrons. The van der Waals surface area contributed by atoms with Gasteiger partial charge in [-0.1, -0.05) is 37.5 Å². The van der Waals surface area contributed by atoms with Crippen LogP contribution in [0.2, 0.25) is 0 Å². The molecule has 1 saturated carbocycles. The summed E-state index contributed by atoms with van der Waals surface area (Å²) in [5.41, 5.74) is 4.87. The zero-order valence-electron chi connectivity index (χ0n) is 22.0. The molecule has 1 heterocycles. The Kier molecular flexibility index (Phi) is 8.21. The van der Waals surface area contributed by atoms with E-state index >= 15 is 0 Å². The fourth-order valence-electron chi connectivity index (χ4n) is 4.69. The van der Waals surface area contributed by atoms with Gasteiger partial charge in [0.15, 0.2) is 6.10 Å². The SMILES string of the molecule is Cc1ccc(-c2c(C)nc(NC(=O)NC3CCCCC3)c(C)c2C(OC(C)(C)C)C(=O)O)cc1C. The molecular weight excluding hydrogens is 442 g/mol. The quantitative estimate of drug-likeness (QED) is 0.445. The molecule has 35 heavy (non-hydrogen) atoms. The molecule has 0 saturated heterocycles. The molecule has 7 nitrogen and oxygen atoms in total. The number of rotatable bonds is 6. The van der Waals surface area contributed by atoms with Crippen molar-refractivity contribution in [3.63, 3.8) is 0 Å². The summed E-state index contributed by atoms with van der Waals surface area (Å²) in [6, 6.07) is 5.87. The van der Waals surface area contributed by atoms with Crippen LogP contribution in [0.15, 0.2) is 18.2 Å². The Labute approximate surface area is 208 Å². The van der Waals surface area contributed by atoms with Crippen LogP contribution in [0, 0.1) is 27.7 Å². The van der Waals surface area contributed by atoms with Crippen LogP contribution in [0.1, 0.15) is 86.9 Å². The second-order valence-electron chi connectivity index (χ2n) is 10.6. The van der Waals surface area contributed by atoms with Crippen LogP contribution in [0.5, 0.6) is 0 Å². The number of hydrogen-bond donors (Lipinski definition) is 3. The Hall–Kier alpha value is -2.93. The Morgan fingerprint density at radius 3 is 2.29 bits per heavy atom. The molecule has 1 aromatic heterocycles. The van der Waals surface area contributed by atoms with E-state index in [0.29, 0.717) is 22.6 Å². The smallest absolute Gasteiger partial charge is 0.337 e. The van der Waals surface area contributed by atoms with Crippen molar-refractivity contribution in [3.8, 4) is 11.1 Å². The molecule has 190 valence electrons. The molecule has 1 fully saturated rings. The minimum Gasteiger partial charge on any atom is -0.479 e. The van der Waals surface area contributed by atoms with Crippen LogP contribution < -0.4 is 10.6 Å². The van der Waals surface area contributed by atoms with Crippen molar-refractivity contribution in [2.75, 3.05) is 5.32 Å². The Morgan fingerprint density at radius 1 is 1.06 bits per heavy atom. The largest absolute Gasteiger partial charge is 0.479 e. The number of carboxylic acid groups (broad SMARTS) is 1. The summed E-state index contributed by atoms with van der Waals surface area (Å²) < 4.78 is 6.06. The van der Waals surface area contributed by atoms with E-state index in [9.17, 15) is 14.7 Å². The van der Waals surface area contributed by atoms with Crippen molar-refractivity contribution in [2.24, 2.45) is 0 Å². The zero-order valence-corrected chi connectivity index (χ0v) is 22.0. The molecule has 3 rings (SSSR count). The Morgan fingerprint density at radius 2 is 1.71 bits per heavy atom. The van der Waals surface area contributed by atoms with Gasteiger partial charge in [0, 0.05) is 22.9 Å². The van der Waals surface area contributed by atoms with Crippen molar-refractivity contribution in [1.82, 2.24) is 10.3 Å². The Bertz CT molecular complexity index is 1100. The molecule has 1 aromatic carbocycles. The predicted octanol–water partition coefficient (Wildman–Crippen LogP) is 6.38. The highest BCUT2D eigenvalue weighted by molar-refractivity contribution is 5.91. The monoisotopic (exact) mass is 481 g/mol. The van der Waals surface area contributed by atoms with E-state index in [-0.39, 0.29) is 12.1 Å². The molecule has 2 aromatic rings. The van der Waals surface area contributed by atoms with Crippen LogP contribution in [0.25, 0.3) is 11.1 Å². The van der Waals surface area contributed by atoms with Gasteiger partial charge in [0.1, 0.15) is 5.82 Å². The summed E-state index contributed by atoms with van der Waals surface area (Å²) in [6.07, 6.45) is 4.14. The van der Waals surface area contributed by atoms with E-state index in [0.717, 1.165) is 47.9 Å². The average Bonchev–Trinajstić information content (AvgIpc) is 2.76. The van der Waals surface area contributed by atoms with Crippen LogP contribution >= 0.6 is 0 Å². The predicted molar refractivity (Wildman–Crippen MR) is 139 cm³/mol. The topological polar surface area (TPSA) is 101 Å². The van der Waals surface area contributed by atoms with Gasteiger partial charge in [-0.2, -0.15) is 0 Å². The van der Waals surface area contributed by atoms with Crippen molar-refractivity contribution in [1.29, 1.82) is 0 Å². The molecular formula is C28H39N3O4. The molecule has 2 amide bonds. The van der Waals surface area contributed by atoms with Crippen molar-refractivity contribution in [3.05, 3.63) is 46.1 Å². The minimum atomic E-state index is -1.23. The molecule has 1 aliphatic carbocycles. The number of aromatic nitrogens is 1. The lowest BCUT2D eigenvalue weighted by atomic mass is 9.89. The maximum Gasteiger partial charge on any atom is 0.337 e. The third-order valence-corrected chi connectivity index (χ3v) is 6.60. The van der Waals surface area contributed by atoms with E-state index in [1.165, 1.54) is 6.42 Å². The lowest BCUT2D eigenvalue weighted by Gasteiger charge is -2.29. The first-order valence-corrected chi connectivity index (χ1v) is 12.4. The van der Waals surface area contributed by atoms with Gasteiger partial charge in [-0.15, -0.1) is 0 Å². The van der Waals surface area contributed by atoms with Crippen molar-refractivity contribution in [2.45, 2.75) is 98.3 Å². The molecule has 0 aliphatic heterocycles. The number of benzene rings is 1. The van der Waals surface area contributed by atoms with Crippen LogP contribution in [0.4, 0.5) is 10.6 Å². The van der Waals surface area contributed by atoms with Gasteiger partial charge >= 0.3 is 12.0 Å². The lowest BCUT2D eigenvalue weighted by Crippen LogP contribution is -2.39. The number of carboxylic acids is 1. The second kappa shape index (κ2) is 10.8. The Balaban J connectivity index is 2.11. The fraction of sp³-hybridized carbons (Fsp3) is 0.536. The summed E-state index contributed by atoms with van der Waals surface area (Å²) in [4.78, 5) is 30.0. The standard InChI is InChI=1S/C28H39N3O4/c1-16-13-14-20(15-17(16)2)23-19(4)29-25(31-27(34)30-21-11-9-8-10-12-21)18(3)22(23)24(26(32)33)35-28(5,6)7/h13-15,21,24H,8-12H2,1-7H3,(H,32,33)(H2,29,30,31,34). The molecule has 1 aliphatic rings. The van der Waals surface area contributed by atoms with Gasteiger partial charge in [0.2, 0.25) is 0 Å². The molecule has 1 unspecified atom stereocenters. The average molecular weight is 482 g/mol. The summed E-state index contributed by atoms with van der Waals surface area (Å²) in [7, 11) is 0.